The van der Waals surface area contributed by atoms with Gasteiger partial charge in [0.2, 0.25) is 5.91 Å². The largest absolute Gasteiger partial charge is 0.497 e. The predicted molar refractivity (Wildman–Crippen MR) is 80.9 cm³/mol. The van der Waals surface area contributed by atoms with E-state index >= 15 is 0 Å². The number of rotatable bonds is 5. The molecule has 3 heteroatoms. The van der Waals surface area contributed by atoms with Gasteiger partial charge in [0.15, 0.2) is 0 Å². The van der Waals surface area contributed by atoms with Crippen molar-refractivity contribution in [1.29, 1.82) is 0 Å². The Morgan fingerprint density at radius 2 is 1.75 bits per heavy atom. The summed E-state index contributed by atoms with van der Waals surface area (Å²) in [6.07, 6.45) is 0.739. The number of methoxy groups -OCH3 is 1. The zero-order chi connectivity index (χ0) is 14.4. The zero-order valence-corrected chi connectivity index (χ0v) is 11.8. The van der Waals surface area contributed by atoms with E-state index in [1.807, 2.05) is 61.5 Å². The molecule has 3 nitrogen and oxygen atoms in total. The second-order valence-corrected chi connectivity index (χ2v) is 4.81. The second-order valence-electron chi connectivity index (χ2n) is 4.81. The minimum absolute atomic E-state index is 0.0269. The Hall–Kier alpha value is -2.29. The van der Waals surface area contributed by atoms with Crippen LogP contribution in [0.2, 0.25) is 0 Å². The molecule has 0 heterocycles. The van der Waals surface area contributed by atoms with Gasteiger partial charge in [0.25, 0.3) is 0 Å². The van der Waals surface area contributed by atoms with Crippen LogP contribution in [0, 0.1) is 5.92 Å². The van der Waals surface area contributed by atoms with Gasteiger partial charge >= 0.3 is 0 Å². The van der Waals surface area contributed by atoms with Crippen molar-refractivity contribution in [3.63, 3.8) is 0 Å². The minimum Gasteiger partial charge on any atom is -0.497 e. The fraction of sp³-hybridized carbons (Fsp3) is 0.235. The lowest BCUT2D eigenvalue weighted by atomic mass is 10.0. The number of hydrogen-bond acceptors (Lipinski definition) is 2. The number of benzene rings is 2. The van der Waals surface area contributed by atoms with Crippen LogP contribution in [0.15, 0.2) is 54.6 Å². The molecule has 1 unspecified atom stereocenters. The molecule has 0 bridgehead atoms. The van der Waals surface area contributed by atoms with E-state index in [0.717, 1.165) is 17.9 Å². The van der Waals surface area contributed by atoms with Crippen LogP contribution < -0.4 is 10.1 Å². The number of amides is 1. The summed E-state index contributed by atoms with van der Waals surface area (Å²) < 4.78 is 5.09. The van der Waals surface area contributed by atoms with Crippen molar-refractivity contribution in [3.05, 3.63) is 60.2 Å². The predicted octanol–water partition coefficient (Wildman–Crippen LogP) is 3.51. The quantitative estimate of drug-likeness (QED) is 0.902. The number of carbonyl (C=O) groups is 1. The highest BCUT2D eigenvalue weighted by Crippen LogP contribution is 2.16. The normalized spacial score (nSPS) is 11.7. The molecule has 1 amide bonds. The first kappa shape index (κ1) is 14.1. The molecule has 0 radical (unpaired) electrons. The minimum atomic E-state index is -0.0699. The van der Waals surface area contributed by atoms with Crippen molar-refractivity contribution in [2.75, 3.05) is 12.4 Å². The lowest BCUT2D eigenvalue weighted by Gasteiger charge is -2.12. The Morgan fingerprint density at radius 1 is 1.10 bits per heavy atom. The smallest absolute Gasteiger partial charge is 0.227 e. The molecule has 0 aliphatic heterocycles. The van der Waals surface area contributed by atoms with Crippen LogP contribution in [-0.2, 0) is 11.2 Å². The van der Waals surface area contributed by atoms with E-state index in [9.17, 15) is 4.79 Å². The number of carbonyl (C=O) groups excluding carboxylic acids is 1. The molecule has 2 aromatic rings. The topological polar surface area (TPSA) is 38.3 Å². The Balaban J connectivity index is 1.93. The summed E-state index contributed by atoms with van der Waals surface area (Å²) in [6, 6.07) is 17.4. The summed E-state index contributed by atoms with van der Waals surface area (Å²) >= 11 is 0. The molecular weight excluding hydrogens is 250 g/mol. The number of anilines is 1. The highest BCUT2D eigenvalue weighted by atomic mass is 16.5. The maximum atomic E-state index is 12.1. The maximum Gasteiger partial charge on any atom is 0.227 e. The van der Waals surface area contributed by atoms with Crippen LogP contribution in [0.1, 0.15) is 12.5 Å². The Morgan fingerprint density at radius 3 is 2.35 bits per heavy atom. The Labute approximate surface area is 119 Å². The van der Waals surface area contributed by atoms with E-state index in [4.69, 9.17) is 4.74 Å². The van der Waals surface area contributed by atoms with Gasteiger partial charge in [-0.1, -0.05) is 37.3 Å². The molecule has 1 N–H and O–H groups in total. The van der Waals surface area contributed by atoms with Gasteiger partial charge in [-0.3, -0.25) is 4.79 Å². The van der Waals surface area contributed by atoms with E-state index in [2.05, 4.69) is 5.32 Å². The first-order chi connectivity index (χ1) is 9.69. The van der Waals surface area contributed by atoms with Crippen molar-refractivity contribution < 1.29 is 9.53 Å². The number of nitrogens with one attached hydrogen (secondary N) is 1. The first-order valence-electron chi connectivity index (χ1n) is 6.68. The lowest BCUT2D eigenvalue weighted by Crippen LogP contribution is -2.22. The van der Waals surface area contributed by atoms with Crippen molar-refractivity contribution in [2.24, 2.45) is 5.92 Å². The highest BCUT2D eigenvalue weighted by Gasteiger charge is 2.13. The first-order valence-corrected chi connectivity index (χ1v) is 6.68. The van der Waals surface area contributed by atoms with E-state index in [1.165, 1.54) is 5.56 Å². The van der Waals surface area contributed by atoms with Gasteiger partial charge in [0, 0.05) is 11.6 Å². The molecule has 0 saturated carbocycles. The molecule has 2 aromatic carbocycles. The summed E-state index contributed by atoms with van der Waals surface area (Å²) in [7, 11) is 1.62. The zero-order valence-electron chi connectivity index (χ0n) is 11.8. The monoisotopic (exact) mass is 269 g/mol. The second kappa shape index (κ2) is 6.75. The van der Waals surface area contributed by atoms with Crippen LogP contribution in [0.25, 0.3) is 0 Å². The van der Waals surface area contributed by atoms with Crippen LogP contribution >= 0.6 is 0 Å². The molecule has 0 fully saturated rings. The third kappa shape index (κ3) is 3.85. The van der Waals surface area contributed by atoms with Gasteiger partial charge in [0.05, 0.1) is 7.11 Å². The van der Waals surface area contributed by atoms with Crippen LogP contribution in [0.3, 0.4) is 0 Å². The van der Waals surface area contributed by atoms with Crippen molar-refractivity contribution in [1.82, 2.24) is 0 Å². The molecule has 20 heavy (non-hydrogen) atoms. The van der Waals surface area contributed by atoms with Crippen molar-refractivity contribution >= 4 is 11.6 Å². The SMILES string of the molecule is COc1ccc(NC(=O)C(C)Cc2ccccc2)cc1. The van der Waals surface area contributed by atoms with Gasteiger partial charge in [-0.2, -0.15) is 0 Å². The van der Waals surface area contributed by atoms with E-state index < -0.39 is 0 Å². The van der Waals surface area contributed by atoms with E-state index in [0.29, 0.717) is 0 Å². The third-order valence-electron chi connectivity index (χ3n) is 3.19. The van der Waals surface area contributed by atoms with Gasteiger partial charge < -0.3 is 10.1 Å². The Kier molecular flexibility index (Phi) is 4.77. The molecular formula is C17H19NO2. The van der Waals surface area contributed by atoms with Gasteiger partial charge in [0.1, 0.15) is 5.75 Å². The summed E-state index contributed by atoms with van der Waals surface area (Å²) in [4.78, 5) is 12.1. The average Bonchev–Trinajstić information content (AvgIpc) is 2.49. The Bertz CT molecular complexity index is 549. The lowest BCUT2D eigenvalue weighted by molar-refractivity contribution is -0.119. The summed E-state index contributed by atoms with van der Waals surface area (Å²) in [5, 5.41) is 2.92. The summed E-state index contributed by atoms with van der Waals surface area (Å²) in [5.74, 6) is 0.735. The highest BCUT2D eigenvalue weighted by molar-refractivity contribution is 5.92. The molecule has 2 rings (SSSR count). The molecule has 0 aromatic heterocycles. The molecule has 0 spiro atoms. The number of hydrogen-bond donors (Lipinski definition) is 1. The average molecular weight is 269 g/mol. The molecule has 1 atom stereocenters. The standard InChI is InChI=1S/C17H19NO2/c1-13(12-14-6-4-3-5-7-14)17(19)18-15-8-10-16(20-2)11-9-15/h3-11,13H,12H2,1-2H3,(H,18,19). The van der Waals surface area contributed by atoms with Crippen molar-refractivity contribution in [2.45, 2.75) is 13.3 Å². The van der Waals surface area contributed by atoms with Crippen molar-refractivity contribution in [3.8, 4) is 5.75 Å². The summed E-state index contributed by atoms with van der Waals surface area (Å²) in [5.41, 5.74) is 1.96. The fourth-order valence-corrected chi connectivity index (χ4v) is 2.00. The van der Waals surface area contributed by atoms with Gasteiger partial charge in [-0.25, -0.2) is 0 Å². The summed E-state index contributed by atoms with van der Waals surface area (Å²) in [6.45, 7) is 1.94. The molecule has 0 aliphatic carbocycles. The van der Waals surface area contributed by atoms with E-state index in [1.54, 1.807) is 7.11 Å². The van der Waals surface area contributed by atoms with Crippen LogP contribution in [0.4, 0.5) is 5.69 Å². The van der Waals surface area contributed by atoms with Crippen LogP contribution in [0.5, 0.6) is 5.75 Å². The van der Waals surface area contributed by atoms with Crippen LogP contribution in [-0.4, -0.2) is 13.0 Å². The molecule has 0 saturated heterocycles. The molecule has 0 aliphatic rings. The number of ether oxygens (including phenoxy) is 1. The van der Waals surface area contributed by atoms with Gasteiger partial charge in [-0.15, -0.1) is 0 Å². The van der Waals surface area contributed by atoms with E-state index in [-0.39, 0.29) is 11.8 Å². The maximum absolute atomic E-state index is 12.1. The third-order valence-corrected chi connectivity index (χ3v) is 3.19. The fourth-order valence-electron chi connectivity index (χ4n) is 2.00. The molecule has 104 valence electrons. The van der Waals surface area contributed by atoms with Gasteiger partial charge in [-0.05, 0) is 36.2 Å².